The third kappa shape index (κ3) is 66.4. The summed E-state index contributed by atoms with van der Waals surface area (Å²) >= 11 is 0. The maximum atomic E-state index is 12.9. The molecule has 0 saturated carbocycles. The number of esters is 3. The van der Waals surface area contributed by atoms with E-state index >= 15 is 0 Å². The van der Waals surface area contributed by atoms with Gasteiger partial charge in [0.15, 0.2) is 6.10 Å². The topological polar surface area (TPSA) is 78.9 Å². The summed E-state index contributed by atoms with van der Waals surface area (Å²) in [5.74, 6) is -0.875. The first kappa shape index (κ1) is 77.6. The Kier molecular flexibility index (Phi) is 67.1. The van der Waals surface area contributed by atoms with Crippen LogP contribution in [-0.2, 0) is 28.6 Å². The summed E-state index contributed by atoms with van der Waals surface area (Å²) in [5.41, 5.74) is 0. The van der Waals surface area contributed by atoms with Gasteiger partial charge in [-0.2, -0.15) is 0 Å². The van der Waals surface area contributed by atoms with Crippen LogP contribution in [0, 0.1) is 0 Å². The summed E-state index contributed by atoms with van der Waals surface area (Å²) in [6.07, 6.45) is 86.3. The maximum absolute atomic E-state index is 12.9. The Morgan fingerprint density at radius 3 is 0.750 bits per heavy atom. The Labute approximate surface area is 499 Å². The van der Waals surface area contributed by atoms with Crippen molar-refractivity contribution in [2.45, 2.75) is 406 Å². The minimum absolute atomic E-state index is 0.0759. The van der Waals surface area contributed by atoms with Crippen LogP contribution in [0.3, 0.4) is 0 Å². The molecule has 0 aliphatic heterocycles. The summed E-state index contributed by atoms with van der Waals surface area (Å²) in [4.78, 5) is 38.3. The number of ether oxygens (including phenoxy) is 3. The van der Waals surface area contributed by atoms with Gasteiger partial charge in [0.05, 0.1) is 0 Å². The fourth-order valence-electron chi connectivity index (χ4n) is 11.0. The molecular formula is C74H138O6. The van der Waals surface area contributed by atoms with Crippen LogP contribution in [-0.4, -0.2) is 37.2 Å². The van der Waals surface area contributed by atoms with E-state index in [1.54, 1.807) is 0 Å². The second-order valence-corrected chi connectivity index (χ2v) is 24.5. The first-order chi connectivity index (χ1) is 39.5. The molecule has 0 amide bonds. The van der Waals surface area contributed by atoms with Crippen molar-refractivity contribution in [3.05, 3.63) is 36.5 Å². The van der Waals surface area contributed by atoms with Crippen LogP contribution in [0.2, 0.25) is 0 Å². The van der Waals surface area contributed by atoms with Gasteiger partial charge in [-0.25, -0.2) is 0 Å². The summed E-state index contributed by atoms with van der Waals surface area (Å²) in [6, 6.07) is 0. The number of rotatable bonds is 67. The average Bonchev–Trinajstić information content (AvgIpc) is 3.46. The van der Waals surface area contributed by atoms with Crippen LogP contribution >= 0.6 is 0 Å². The van der Waals surface area contributed by atoms with Crippen molar-refractivity contribution in [2.75, 3.05) is 13.2 Å². The summed E-state index contributed by atoms with van der Waals surface area (Å²) < 4.78 is 16.9. The van der Waals surface area contributed by atoms with Gasteiger partial charge in [0.1, 0.15) is 13.2 Å². The second-order valence-electron chi connectivity index (χ2n) is 24.5. The minimum Gasteiger partial charge on any atom is -0.462 e. The number of hydrogen-bond acceptors (Lipinski definition) is 6. The van der Waals surface area contributed by atoms with E-state index in [-0.39, 0.29) is 31.1 Å². The van der Waals surface area contributed by atoms with E-state index in [4.69, 9.17) is 14.2 Å². The molecule has 1 atom stereocenters. The highest BCUT2D eigenvalue weighted by Crippen LogP contribution is 2.19. The van der Waals surface area contributed by atoms with Crippen molar-refractivity contribution in [1.82, 2.24) is 0 Å². The molecule has 0 heterocycles. The zero-order valence-corrected chi connectivity index (χ0v) is 54.1. The Balaban J connectivity index is 4.08. The third-order valence-corrected chi connectivity index (χ3v) is 16.3. The van der Waals surface area contributed by atoms with Gasteiger partial charge in [-0.1, -0.05) is 346 Å². The van der Waals surface area contributed by atoms with E-state index in [1.807, 2.05) is 0 Å². The van der Waals surface area contributed by atoms with E-state index in [2.05, 4.69) is 57.2 Å². The Morgan fingerprint density at radius 2 is 0.475 bits per heavy atom. The van der Waals surface area contributed by atoms with Crippen molar-refractivity contribution in [1.29, 1.82) is 0 Å². The van der Waals surface area contributed by atoms with Crippen molar-refractivity contribution in [2.24, 2.45) is 0 Å². The lowest BCUT2D eigenvalue weighted by Crippen LogP contribution is -2.30. The van der Waals surface area contributed by atoms with Gasteiger partial charge in [0.2, 0.25) is 0 Å². The second kappa shape index (κ2) is 69.1. The molecule has 1 unspecified atom stereocenters. The fraction of sp³-hybridized carbons (Fsp3) is 0.878. The predicted octanol–water partition coefficient (Wildman–Crippen LogP) is 24.7. The minimum atomic E-state index is -0.781. The van der Waals surface area contributed by atoms with E-state index in [0.717, 1.165) is 89.9 Å². The number of carbonyl (C=O) groups excluding carboxylic acids is 3. The summed E-state index contributed by atoms with van der Waals surface area (Å²) in [5, 5.41) is 0. The Morgan fingerprint density at radius 1 is 0.250 bits per heavy atom. The van der Waals surface area contributed by atoms with Gasteiger partial charge in [-0.05, 0) is 70.6 Å². The van der Waals surface area contributed by atoms with Gasteiger partial charge in [0, 0.05) is 19.3 Å². The van der Waals surface area contributed by atoms with Crippen molar-refractivity contribution < 1.29 is 28.6 Å². The lowest BCUT2D eigenvalue weighted by Gasteiger charge is -2.18. The quantitative estimate of drug-likeness (QED) is 0.0261. The summed E-state index contributed by atoms with van der Waals surface area (Å²) in [7, 11) is 0. The highest BCUT2D eigenvalue weighted by atomic mass is 16.6. The van der Waals surface area contributed by atoms with Gasteiger partial charge in [-0.3, -0.25) is 14.4 Å². The summed E-state index contributed by atoms with van der Waals surface area (Å²) in [6.45, 7) is 6.62. The molecule has 0 aromatic carbocycles. The highest BCUT2D eigenvalue weighted by molar-refractivity contribution is 5.71. The number of hydrogen-bond donors (Lipinski definition) is 0. The molecule has 6 nitrogen and oxygen atoms in total. The molecule has 6 heteroatoms. The van der Waals surface area contributed by atoms with E-state index < -0.39 is 6.10 Å². The molecule has 470 valence electrons. The Bertz CT molecular complexity index is 1340. The average molecular weight is 1120 g/mol. The Hall–Kier alpha value is -2.37. The van der Waals surface area contributed by atoms with Crippen LogP contribution in [0.1, 0.15) is 400 Å². The lowest BCUT2D eigenvalue weighted by molar-refractivity contribution is -0.167. The number of allylic oxidation sites excluding steroid dienone is 6. The van der Waals surface area contributed by atoms with Crippen LogP contribution in [0.5, 0.6) is 0 Å². The van der Waals surface area contributed by atoms with Crippen LogP contribution in [0.4, 0.5) is 0 Å². The van der Waals surface area contributed by atoms with Crippen molar-refractivity contribution in [3.63, 3.8) is 0 Å². The standard InChI is InChI=1S/C74H138O6/c1-4-7-10-13-16-19-22-25-27-29-30-31-32-33-34-35-36-37-38-39-40-41-42-43-44-45-47-49-52-55-58-61-64-67-73(76)79-70-71(69-78-72(75)66-63-60-57-54-51-48-24-21-18-15-12-9-6-3)80-74(77)68-65-62-59-56-53-50-46-28-26-23-20-17-14-11-8-5-2/h12,15,21,24,28,46,71H,4-11,13-14,16-20,22-23,25-27,29-45,47-70H2,1-3H3/b15-12-,24-21-,46-28-. The molecule has 0 aliphatic carbocycles. The van der Waals surface area contributed by atoms with Crippen molar-refractivity contribution in [3.8, 4) is 0 Å². The molecular weight excluding hydrogens is 985 g/mol. The molecule has 0 spiro atoms. The molecule has 0 fully saturated rings. The normalized spacial score (nSPS) is 12.2. The molecule has 0 radical (unpaired) electrons. The first-order valence-electron chi connectivity index (χ1n) is 36.0. The van der Waals surface area contributed by atoms with Crippen molar-refractivity contribution >= 4 is 17.9 Å². The molecule has 0 aromatic heterocycles. The molecule has 0 rings (SSSR count). The molecule has 0 aromatic rings. The molecule has 0 aliphatic rings. The molecule has 0 bridgehead atoms. The third-order valence-electron chi connectivity index (χ3n) is 16.3. The highest BCUT2D eigenvalue weighted by Gasteiger charge is 2.19. The van der Waals surface area contributed by atoms with Crippen LogP contribution in [0.15, 0.2) is 36.5 Å². The van der Waals surface area contributed by atoms with Crippen LogP contribution < -0.4 is 0 Å². The smallest absolute Gasteiger partial charge is 0.306 e. The first-order valence-corrected chi connectivity index (χ1v) is 36.0. The zero-order valence-electron chi connectivity index (χ0n) is 54.1. The largest absolute Gasteiger partial charge is 0.462 e. The number of unbranched alkanes of at least 4 members (excludes halogenated alkanes) is 50. The van der Waals surface area contributed by atoms with E-state index in [0.29, 0.717) is 19.3 Å². The monoisotopic (exact) mass is 1120 g/mol. The van der Waals surface area contributed by atoms with Gasteiger partial charge < -0.3 is 14.2 Å². The van der Waals surface area contributed by atoms with Gasteiger partial charge in [-0.15, -0.1) is 0 Å². The zero-order chi connectivity index (χ0) is 57.8. The molecule has 0 saturated heterocycles. The van der Waals surface area contributed by atoms with E-state index in [9.17, 15) is 14.4 Å². The predicted molar refractivity (Wildman–Crippen MR) is 349 cm³/mol. The van der Waals surface area contributed by atoms with Gasteiger partial charge in [0.25, 0.3) is 0 Å². The van der Waals surface area contributed by atoms with E-state index in [1.165, 1.54) is 270 Å². The fourth-order valence-corrected chi connectivity index (χ4v) is 11.0. The molecule has 80 heavy (non-hydrogen) atoms. The van der Waals surface area contributed by atoms with Crippen LogP contribution in [0.25, 0.3) is 0 Å². The van der Waals surface area contributed by atoms with Gasteiger partial charge >= 0.3 is 17.9 Å². The lowest BCUT2D eigenvalue weighted by atomic mass is 10.0. The number of carbonyl (C=O) groups is 3. The maximum Gasteiger partial charge on any atom is 0.306 e. The molecule has 0 N–H and O–H groups in total. The SMILES string of the molecule is CCC/C=C\C/C=C\CCCCCCCC(=O)OCC(COC(=O)CCCCCCCCCCCCCCCCCCCCCCCCCCCCCCCCCCC)OC(=O)CCCCCCC/C=C\CCCCCCCCC.